The first-order chi connectivity index (χ1) is 5.81. The Balaban J connectivity index is 3.10. The van der Waals surface area contributed by atoms with Crippen LogP contribution in [-0.4, -0.2) is 21.4 Å². The van der Waals surface area contributed by atoms with Gasteiger partial charge in [-0.05, 0) is 32.1 Å². The van der Waals surface area contributed by atoms with Gasteiger partial charge in [0.25, 0.3) is 0 Å². The van der Waals surface area contributed by atoms with Crippen molar-refractivity contribution in [3.05, 3.63) is 34.9 Å². The molecule has 2 N–H and O–H groups in total. The van der Waals surface area contributed by atoms with E-state index in [0.29, 0.717) is 0 Å². The van der Waals surface area contributed by atoms with Crippen molar-refractivity contribution in [2.24, 2.45) is 0 Å². The van der Waals surface area contributed by atoms with E-state index >= 15 is 0 Å². The van der Waals surface area contributed by atoms with Gasteiger partial charge in [0.1, 0.15) is 0 Å². The van der Waals surface area contributed by atoms with E-state index in [4.69, 9.17) is 0 Å². The number of aliphatic hydroxyl groups is 2. The van der Waals surface area contributed by atoms with Gasteiger partial charge in [0.2, 0.25) is 0 Å². The van der Waals surface area contributed by atoms with Crippen LogP contribution in [0, 0.1) is 0 Å². The van der Waals surface area contributed by atoms with E-state index in [1.807, 2.05) is 0 Å². The van der Waals surface area contributed by atoms with Gasteiger partial charge >= 0.3 is 0 Å². The molecule has 0 saturated carbocycles. The van der Waals surface area contributed by atoms with Crippen molar-refractivity contribution in [1.29, 1.82) is 0 Å². The Labute approximate surface area is 86.4 Å². The maximum atomic E-state index is 9.74. The van der Waals surface area contributed by atoms with Gasteiger partial charge in [-0.15, -0.1) is 0 Å². The van der Waals surface area contributed by atoms with Crippen LogP contribution in [0.2, 0.25) is 0 Å². The van der Waals surface area contributed by atoms with Crippen LogP contribution in [0.1, 0.15) is 13.8 Å². The molecule has 0 amide bonds. The third kappa shape index (κ3) is 3.46. The summed E-state index contributed by atoms with van der Waals surface area (Å²) in [5, 5.41) is 19.4. The number of allylic oxidation sites excluding steroid dienone is 2. The van der Waals surface area contributed by atoms with Gasteiger partial charge in [0.05, 0.1) is 11.2 Å². The fraction of sp³-hybridized carbons (Fsp3) is 0.400. The Morgan fingerprint density at radius 1 is 1.08 bits per heavy atom. The third-order valence-corrected chi connectivity index (χ3v) is 2.26. The minimum Gasteiger partial charge on any atom is -0.382 e. The Morgan fingerprint density at radius 2 is 1.62 bits per heavy atom. The topological polar surface area (TPSA) is 40.5 Å². The molecule has 0 aromatic carbocycles. The van der Waals surface area contributed by atoms with Crippen LogP contribution < -0.4 is 0 Å². The van der Waals surface area contributed by atoms with E-state index < -0.39 is 11.2 Å². The highest BCUT2D eigenvalue weighted by atomic mass is 79.9. The predicted molar refractivity (Wildman–Crippen MR) is 56.5 cm³/mol. The molecule has 0 spiro atoms. The van der Waals surface area contributed by atoms with Crippen LogP contribution in [0.15, 0.2) is 34.9 Å². The zero-order valence-electron chi connectivity index (χ0n) is 7.66. The van der Waals surface area contributed by atoms with Crippen LogP contribution in [0.3, 0.4) is 0 Å². The van der Waals surface area contributed by atoms with Crippen molar-refractivity contribution in [2.45, 2.75) is 25.0 Å². The van der Waals surface area contributed by atoms with Crippen molar-refractivity contribution in [2.75, 3.05) is 0 Å². The summed E-state index contributed by atoms with van der Waals surface area (Å²) < 4.78 is 0.752. The van der Waals surface area contributed by atoms with Gasteiger partial charge in [0, 0.05) is 4.48 Å². The number of rotatable bonds is 0. The first-order valence-electron chi connectivity index (χ1n) is 4.03. The number of halogens is 1. The molecule has 0 aromatic rings. The highest BCUT2D eigenvalue weighted by molar-refractivity contribution is 9.11. The minimum atomic E-state index is -1.02. The molecule has 2 nitrogen and oxygen atoms in total. The molecular weight excluding hydrogens is 232 g/mol. The summed E-state index contributed by atoms with van der Waals surface area (Å²) in [4.78, 5) is 0. The molecule has 0 saturated heterocycles. The second kappa shape index (κ2) is 3.40. The van der Waals surface area contributed by atoms with E-state index in [-0.39, 0.29) is 0 Å². The average Bonchev–Trinajstić information content (AvgIpc) is 1.96. The lowest BCUT2D eigenvalue weighted by Crippen LogP contribution is -2.24. The van der Waals surface area contributed by atoms with E-state index in [9.17, 15) is 10.2 Å². The smallest absolute Gasteiger partial charge is 0.0995 e. The molecule has 0 aliphatic heterocycles. The molecule has 3 heteroatoms. The molecule has 13 heavy (non-hydrogen) atoms. The molecule has 2 atom stereocenters. The first kappa shape index (κ1) is 10.7. The zero-order valence-corrected chi connectivity index (χ0v) is 9.25. The Bertz CT molecular complexity index is 285. The van der Waals surface area contributed by atoms with Crippen molar-refractivity contribution in [3.8, 4) is 0 Å². The fourth-order valence-electron chi connectivity index (χ4n) is 1.02. The maximum Gasteiger partial charge on any atom is 0.0995 e. The number of hydrogen-bond donors (Lipinski definition) is 2. The Kier molecular flexibility index (Phi) is 2.80. The summed E-state index contributed by atoms with van der Waals surface area (Å²) in [7, 11) is 0. The molecule has 0 fully saturated rings. The standard InChI is InChI=1S/C10H13BrO2/c1-9(12)4-3-8(11)7-10(2,13)6-5-9/h3-7,12-13H,1-2H3/b4-3-,6-5-,8-7+. The molecule has 1 aliphatic carbocycles. The molecule has 0 bridgehead atoms. The second-order valence-electron chi connectivity index (χ2n) is 3.65. The number of hydrogen-bond acceptors (Lipinski definition) is 2. The van der Waals surface area contributed by atoms with Crippen molar-refractivity contribution >= 4 is 15.9 Å². The summed E-state index contributed by atoms with van der Waals surface area (Å²) in [6, 6.07) is 0. The van der Waals surface area contributed by atoms with Crippen molar-refractivity contribution in [3.63, 3.8) is 0 Å². The van der Waals surface area contributed by atoms with Crippen LogP contribution in [-0.2, 0) is 0 Å². The lowest BCUT2D eigenvalue weighted by Gasteiger charge is -2.21. The van der Waals surface area contributed by atoms with Crippen LogP contribution in [0.4, 0.5) is 0 Å². The lowest BCUT2D eigenvalue weighted by molar-refractivity contribution is 0.144. The van der Waals surface area contributed by atoms with Crippen LogP contribution in [0.25, 0.3) is 0 Å². The van der Waals surface area contributed by atoms with Gasteiger partial charge in [0.15, 0.2) is 0 Å². The highest BCUT2D eigenvalue weighted by Gasteiger charge is 2.19. The molecule has 72 valence electrons. The lowest BCUT2D eigenvalue weighted by atomic mass is 9.97. The van der Waals surface area contributed by atoms with Crippen LogP contribution >= 0.6 is 15.9 Å². The van der Waals surface area contributed by atoms with Crippen molar-refractivity contribution < 1.29 is 10.2 Å². The summed E-state index contributed by atoms with van der Waals surface area (Å²) >= 11 is 3.27. The Morgan fingerprint density at radius 3 is 2.23 bits per heavy atom. The molecule has 1 aliphatic rings. The SMILES string of the molecule is CC1(O)/C=C\C(Br)=C/C(C)(O)/C=C\1. The van der Waals surface area contributed by atoms with Gasteiger partial charge in [-0.25, -0.2) is 0 Å². The summed E-state index contributed by atoms with van der Waals surface area (Å²) in [5.41, 5.74) is -2.02. The van der Waals surface area contributed by atoms with Crippen LogP contribution in [0.5, 0.6) is 0 Å². The highest BCUT2D eigenvalue weighted by Crippen LogP contribution is 2.22. The first-order valence-corrected chi connectivity index (χ1v) is 4.83. The molecule has 0 radical (unpaired) electrons. The van der Waals surface area contributed by atoms with Gasteiger partial charge in [-0.2, -0.15) is 0 Å². The maximum absolute atomic E-state index is 9.74. The van der Waals surface area contributed by atoms with E-state index in [1.54, 1.807) is 44.2 Å². The van der Waals surface area contributed by atoms with E-state index in [1.165, 1.54) is 0 Å². The van der Waals surface area contributed by atoms with Gasteiger partial charge in [-0.1, -0.05) is 28.1 Å². The molecule has 0 aromatic heterocycles. The Hall–Kier alpha value is -0.380. The summed E-state index contributed by atoms with van der Waals surface area (Å²) in [6.45, 7) is 3.31. The van der Waals surface area contributed by atoms with Gasteiger partial charge in [-0.3, -0.25) is 0 Å². The summed E-state index contributed by atoms with van der Waals surface area (Å²) in [6.07, 6.45) is 8.17. The quantitative estimate of drug-likeness (QED) is 0.640. The minimum absolute atomic E-state index is 0.752. The normalized spacial score (nSPS) is 48.5. The molecular formula is C10H13BrO2. The zero-order chi connectivity index (χ0) is 10.1. The molecule has 1 rings (SSSR count). The molecule has 2 unspecified atom stereocenters. The molecule has 0 heterocycles. The largest absolute Gasteiger partial charge is 0.382 e. The summed E-state index contributed by atoms with van der Waals surface area (Å²) in [5.74, 6) is 0. The van der Waals surface area contributed by atoms with E-state index in [0.717, 1.165) is 4.48 Å². The monoisotopic (exact) mass is 244 g/mol. The fourth-order valence-corrected chi connectivity index (χ4v) is 1.61. The average molecular weight is 245 g/mol. The van der Waals surface area contributed by atoms with Crippen molar-refractivity contribution in [1.82, 2.24) is 0 Å². The second-order valence-corrected chi connectivity index (χ2v) is 4.56. The van der Waals surface area contributed by atoms with Gasteiger partial charge < -0.3 is 10.2 Å². The third-order valence-electron chi connectivity index (χ3n) is 1.77. The van der Waals surface area contributed by atoms with E-state index in [2.05, 4.69) is 15.9 Å². The predicted octanol–water partition coefficient (Wildman–Crippen LogP) is 1.89.